The molecule has 22 heavy (non-hydrogen) atoms. The van der Waals surface area contributed by atoms with Gasteiger partial charge in [0.25, 0.3) is 0 Å². The van der Waals surface area contributed by atoms with Gasteiger partial charge in [-0.25, -0.2) is 0 Å². The molecule has 0 aliphatic carbocycles. The molecule has 1 aliphatic heterocycles. The molecule has 0 spiro atoms. The molecule has 0 fully saturated rings. The third-order valence-corrected chi connectivity index (χ3v) is 5.05. The van der Waals surface area contributed by atoms with E-state index in [1.54, 1.807) is 30.8 Å². The van der Waals surface area contributed by atoms with Gasteiger partial charge in [-0.2, -0.15) is 0 Å². The Bertz CT molecular complexity index is 750. The average molecular weight is 311 g/mol. The summed E-state index contributed by atoms with van der Waals surface area (Å²) in [5.74, 6) is 0.286. The van der Waals surface area contributed by atoms with Crippen LogP contribution in [0.2, 0.25) is 0 Å². The minimum atomic E-state index is -0.0887. The molecule has 2 N–H and O–H groups in total. The van der Waals surface area contributed by atoms with E-state index in [0.29, 0.717) is 0 Å². The summed E-state index contributed by atoms with van der Waals surface area (Å²) in [4.78, 5) is 13.3. The number of rotatable bonds is 2. The maximum Gasteiger partial charge on any atom is 0.159 e. The SMILES string of the molecule is CC(=O)C1=C(C)Nc2ccccc2SC1c1ccc(O)cc1. The van der Waals surface area contributed by atoms with E-state index in [1.807, 2.05) is 37.3 Å². The molecule has 3 rings (SSSR count). The highest BCUT2D eigenvalue weighted by atomic mass is 32.2. The Morgan fingerprint density at radius 3 is 2.50 bits per heavy atom. The van der Waals surface area contributed by atoms with Crippen molar-refractivity contribution in [1.82, 2.24) is 0 Å². The van der Waals surface area contributed by atoms with E-state index in [4.69, 9.17) is 0 Å². The van der Waals surface area contributed by atoms with Crippen LogP contribution in [0.3, 0.4) is 0 Å². The molecular formula is C18H17NO2S. The van der Waals surface area contributed by atoms with Crippen LogP contribution in [0, 0.1) is 0 Å². The number of aromatic hydroxyl groups is 1. The normalized spacial score (nSPS) is 17.5. The second kappa shape index (κ2) is 5.89. The van der Waals surface area contributed by atoms with Crippen molar-refractivity contribution >= 4 is 23.2 Å². The van der Waals surface area contributed by atoms with Crippen molar-refractivity contribution in [3.8, 4) is 5.75 Å². The third kappa shape index (κ3) is 2.74. The molecule has 0 saturated heterocycles. The quantitative estimate of drug-likeness (QED) is 0.856. The van der Waals surface area contributed by atoms with Crippen LogP contribution in [0.25, 0.3) is 0 Å². The number of carbonyl (C=O) groups excluding carboxylic acids is 1. The molecule has 1 atom stereocenters. The highest BCUT2D eigenvalue weighted by Gasteiger charge is 2.27. The van der Waals surface area contributed by atoms with Crippen molar-refractivity contribution in [2.24, 2.45) is 0 Å². The first-order valence-electron chi connectivity index (χ1n) is 7.09. The first-order valence-corrected chi connectivity index (χ1v) is 7.97. The second-order valence-corrected chi connectivity index (χ2v) is 6.45. The van der Waals surface area contributed by atoms with E-state index in [2.05, 4.69) is 11.4 Å². The van der Waals surface area contributed by atoms with Gasteiger partial charge in [-0.05, 0) is 43.7 Å². The molecular weight excluding hydrogens is 294 g/mol. The first kappa shape index (κ1) is 14.7. The Kier molecular flexibility index (Phi) is 3.94. The maximum absolute atomic E-state index is 12.2. The molecule has 3 nitrogen and oxygen atoms in total. The lowest BCUT2D eigenvalue weighted by molar-refractivity contribution is -0.113. The molecule has 0 aromatic heterocycles. The van der Waals surface area contributed by atoms with Gasteiger partial charge in [0.15, 0.2) is 5.78 Å². The summed E-state index contributed by atoms with van der Waals surface area (Å²) in [5.41, 5.74) is 3.67. The van der Waals surface area contributed by atoms with Gasteiger partial charge in [0.2, 0.25) is 0 Å². The van der Waals surface area contributed by atoms with Crippen LogP contribution in [-0.2, 0) is 4.79 Å². The van der Waals surface area contributed by atoms with E-state index in [-0.39, 0.29) is 16.8 Å². The van der Waals surface area contributed by atoms with Gasteiger partial charge in [-0.15, -0.1) is 11.8 Å². The minimum Gasteiger partial charge on any atom is -0.508 e. The first-order chi connectivity index (χ1) is 10.6. The van der Waals surface area contributed by atoms with Crippen LogP contribution in [0.4, 0.5) is 5.69 Å². The number of anilines is 1. The van der Waals surface area contributed by atoms with Crippen molar-refractivity contribution in [3.05, 3.63) is 65.4 Å². The lowest BCUT2D eigenvalue weighted by Crippen LogP contribution is -2.10. The Hall–Kier alpha value is -2.20. The van der Waals surface area contributed by atoms with Crippen LogP contribution < -0.4 is 5.32 Å². The number of nitrogens with one attached hydrogen (secondary N) is 1. The van der Waals surface area contributed by atoms with Gasteiger partial charge in [-0.3, -0.25) is 4.79 Å². The van der Waals surface area contributed by atoms with Crippen LogP contribution in [0.1, 0.15) is 24.7 Å². The summed E-state index contributed by atoms with van der Waals surface area (Å²) in [7, 11) is 0. The monoisotopic (exact) mass is 311 g/mol. The number of fused-ring (bicyclic) bond motifs is 1. The molecule has 2 aromatic rings. The number of hydrogen-bond donors (Lipinski definition) is 2. The number of phenolic OH excluding ortho intramolecular Hbond substituents is 1. The summed E-state index contributed by atoms with van der Waals surface area (Å²) in [6.07, 6.45) is 0. The number of thioether (sulfide) groups is 1. The number of benzene rings is 2. The van der Waals surface area contributed by atoms with Crippen LogP contribution in [0.15, 0.2) is 64.7 Å². The van der Waals surface area contributed by atoms with Gasteiger partial charge < -0.3 is 10.4 Å². The molecule has 4 heteroatoms. The summed E-state index contributed by atoms with van der Waals surface area (Å²) < 4.78 is 0. The Morgan fingerprint density at radius 1 is 1.14 bits per heavy atom. The van der Waals surface area contributed by atoms with E-state index >= 15 is 0 Å². The minimum absolute atomic E-state index is 0.0587. The second-order valence-electron chi connectivity index (χ2n) is 5.31. The van der Waals surface area contributed by atoms with Crippen LogP contribution in [-0.4, -0.2) is 10.9 Å². The van der Waals surface area contributed by atoms with Crippen molar-refractivity contribution in [1.29, 1.82) is 0 Å². The van der Waals surface area contributed by atoms with Crippen molar-refractivity contribution < 1.29 is 9.90 Å². The highest BCUT2D eigenvalue weighted by Crippen LogP contribution is 2.47. The number of para-hydroxylation sites is 1. The van der Waals surface area contributed by atoms with Gasteiger partial charge >= 0.3 is 0 Å². The fraction of sp³-hybridized carbons (Fsp3) is 0.167. The van der Waals surface area contributed by atoms with E-state index in [0.717, 1.165) is 27.4 Å². The standard InChI is InChI=1S/C18H17NO2S/c1-11-17(12(2)20)18(13-7-9-14(21)10-8-13)22-16-6-4-3-5-15(16)19-11/h3-10,18-19,21H,1-2H3. The number of hydrogen-bond acceptors (Lipinski definition) is 4. The Labute approximate surface area is 134 Å². The molecule has 0 saturated carbocycles. The predicted octanol–water partition coefficient (Wildman–Crippen LogP) is 4.51. The fourth-order valence-electron chi connectivity index (χ4n) is 2.66. The lowest BCUT2D eigenvalue weighted by Gasteiger charge is -2.18. The zero-order chi connectivity index (χ0) is 15.7. The summed E-state index contributed by atoms with van der Waals surface area (Å²) >= 11 is 1.65. The van der Waals surface area contributed by atoms with Gasteiger partial charge in [-0.1, -0.05) is 24.3 Å². The number of carbonyl (C=O) groups is 1. The average Bonchev–Trinajstić information content (AvgIpc) is 2.63. The lowest BCUT2D eigenvalue weighted by atomic mass is 9.99. The number of ketones is 1. The smallest absolute Gasteiger partial charge is 0.159 e. The van der Waals surface area contributed by atoms with Gasteiger partial charge in [0.1, 0.15) is 5.75 Å². The van der Waals surface area contributed by atoms with Crippen molar-refractivity contribution in [2.75, 3.05) is 5.32 Å². The highest BCUT2D eigenvalue weighted by molar-refractivity contribution is 8.00. The molecule has 2 aromatic carbocycles. The van der Waals surface area contributed by atoms with Crippen LogP contribution in [0.5, 0.6) is 5.75 Å². The molecule has 1 aliphatic rings. The number of Topliss-reactive ketones (excluding diaryl/α,β-unsaturated/α-hetero) is 1. The maximum atomic E-state index is 12.2. The zero-order valence-electron chi connectivity index (χ0n) is 12.5. The third-order valence-electron chi connectivity index (χ3n) is 3.70. The van der Waals surface area contributed by atoms with E-state index < -0.39 is 0 Å². The number of phenols is 1. The van der Waals surface area contributed by atoms with E-state index in [9.17, 15) is 9.90 Å². The molecule has 112 valence electrons. The summed E-state index contributed by atoms with van der Waals surface area (Å²) in [6.45, 7) is 3.54. The molecule has 1 unspecified atom stereocenters. The van der Waals surface area contributed by atoms with Gasteiger partial charge in [0.05, 0.1) is 10.9 Å². The molecule has 0 bridgehead atoms. The van der Waals surface area contributed by atoms with Crippen LogP contribution >= 0.6 is 11.8 Å². The fourth-order valence-corrected chi connectivity index (χ4v) is 4.07. The van der Waals surface area contributed by atoms with Gasteiger partial charge in [0, 0.05) is 16.2 Å². The largest absolute Gasteiger partial charge is 0.508 e. The Balaban J connectivity index is 2.13. The zero-order valence-corrected chi connectivity index (χ0v) is 13.3. The molecule has 1 heterocycles. The Morgan fingerprint density at radius 2 is 1.82 bits per heavy atom. The predicted molar refractivity (Wildman–Crippen MR) is 90.2 cm³/mol. The molecule has 0 amide bonds. The summed E-state index contributed by atoms with van der Waals surface area (Å²) in [6, 6.07) is 15.1. The topological polar surface area (TPSA) is 49.3 Å². The van der Waals surface area contributed by atoms with E-state index in [1.165, 1.54) is 0 Å². The van der Waals surface area contributed by atoms with Crippen molar-refractivity contribution in [2.45, 2.75) is 24.0 Å². The molecule has 0 radical (unpaired) electrons. The number of allylic oxidation sites excluding steroid dienone is 1. The summed E-state index contributed by atoms with van der Waals surface area (Å²) in [5, 5.41) is 12.8. The van der Waals surface area contributed by atoms with Crippen molar-refractivity contribution in [3.63, 3.8) is 0 Å².